The Hall–Kier alpha value is -0.850. The van der Waals surface area contributed by atoms with Gasteiger partial charge in [-0.15, -0.1) is 0 Å². The molecule has 0 radical (unpaired) electrons. The molecule has 2 atom stereocenters. The lowest BCUT2D eigenvalue weighted by molar-refractivity contribution is 0.0536. The zero-order chi connectivity index (χ0) is 17.4. The van der Waals surface area contributed by atoms with Gasteiger partial charge in [-0.2, -0.15) is 0 Å². The third-order valence-corrected chi connectivity index (χ3v) is 5.03. The van der Waals surface area contributed by atoms with Crippen LogP contribution in [0.1, 0.15) is 33.1 Å². The minimum atomic E-state index is 0.502. The van der Waals surface area contributed by atoms with Crippen LogP contribution in [-0.2, 0) is 9.47 Å². The van der Waals surface area contributed by atoms with Crippen molar-refractivity contribution in [1.29, 1.82) is 0 Å². The normalized spacial score (nSPS) is 23.1. The average molecular weight is 341 g/mol. The molecule has 140 valence electrons. The second kappa shape index (κ2) is 10.2. The van der Waals surface area contributed by atoms with E-state index in [9.17, 15) is 0 Å². The quantitative estimate of drug-likeness (QED) is 0.370. The highest BCUT2D eigenvalue weighted by Gasteiger charge is 2.29. The molecule has 0 aromatic rings. The third-order valence-electron chi connectivity index (χ3n) is 5.03. The summed E-state index contributed by atoms with van der Waals surface area (Å²) in [4.78, 5) is 9.76. The van der Waals surface area contributed by atoms with Gasteiger partial charge in [0, 0.05) is 44.7 Å². The first-order valence-electron chi connectivity index (χ1n) is 9.47. The number of likely N-dealkylation sites (tertiary alicyclic amines) is 1. The minimum Gasteiger partial charge on any atom is -0.382 e. The molecule has 6 heteroatoms. The highest BCUT2D eigenvalue weighted by atomic mass is 16.5. The molecule has 0 amide bonds. The molecule has 1 aliphatic carbocycles. The van der Waals surface area contributed by atoms with Crippen molar-refractivity contribution in [3.05, 3.63) is 0 Å². The highest BCUT2D eigenvalue weighted by Crippen LogP contribution is 2.27. The third kappa shape index (κ3) is 6.22. The summed E-state index contributed by atoms with van der Waals surface area (Å²) in [6.45, 7) is 10.5. The molecule has 24 heavy (non-hydrogen) atoms. The maximum absolute atomic E-state index is 5.69. The lowest BCUT2D eigenvalue weighted by atomic mass is 10.1. The Morgan fingerprint density at radius 2 is 2.12 bits per heavy atom. The van der Waals surface area contributed by atoms with Crippen LogP contribution in [0.15, 0.2) is 4.99 Å². The van der Waals surface area contributed by atoms with Gasteiger partial charge in [0.05, 0.1) is 26.4 Å². The molecule has 1 N–H and O–H groups in total. The predicted molar refractivity (Wildman–Crippen MR) is 98.6 cm³/mol. The van der Waals surface area contributed by atoms with Crippen LogP contribution in [0.3, 0.4) is 0 Å². The van der Waals surface area contributed by atoms with Crippen LogP contribution in [0.4, 0.5) is 0 Å². The van der Waals surface area contributed by atoms with E-state index < -0.39 is 0 Å². The molecular weight excluding hydrogens is 304 g/mol. The summed E-state index contributed by atoms with van der Waals surface area (Å²) in [5.74, 6) is 1.66. The van der Waals surface area contributed by atoms with Crippen molar-refractivity contribution in [2.45, 2.75) is 45.2 Å². The Morgan fingerprint density at radius 1 is 1.33 bits per heavy atom. The lowest BCUT2D eigenvalue weighted by Crippen LogP contribution is -2.41. The van der Waals surface area contributed by atoms with E-state index in [1.807, 2.05) is 0 Å². The maximum atomic E-state index is 5.69. The Balaban J connectivity index is 1.77. The van der Waals surface area contributed by atoms with Gasteiger partial charge < -0.3 is 19.7 Å². The van der Waals surface area contributed by atoms with E-state index in [2.05, 4.69) is 36.0 Å². The zero-order valence-electron chi connectivity index (χ0n) is 16.0. The van der Waals surface area contributed by atoms with Crippen LogP contribution in [0.5, 0.6) is 0 Å². The number of rotatable bonds is 10. The summed E-state index contributed by atoms with van der Waals surface area (Å²) in [6.07, 6.45) is 3.87. The maximum Gasteiger partial charge on any atom is 0.193 e. The number of ether oxygens (including phenoxy) is 2. The predicted octanol–water partition coefficient (Wildman–Crippen LogP) is 1.42. The molecule has 2 aliphatic rings. The monoisotopic (exact) mass is 340 g/mol. The van der Waals surface area contributed by atoms with Crippen molar-refractivity contribution >= 4 is 5.96 Å². The first kappa shape index (κ1) is 19.5. The van der Waals surface area contributed by atoms with Gasteiger partial charge in [0.15, 0.2) is 5.96 Å². The second-order valence-corrected chi connectivity index (χ2v) is 7.11. The molecule has 0 aromatic heterocycles. The fourth-order valence-corrected chi connectivity index (χ4v) is 3.17. The molecule has 0 aromatic carbocycles. The fourth-order valence-electron chi connectivity index (χ4n) is 3.17. The Bertz CT molecular complexity index is 387. The highest BCUT2D eigenvalue weighted by molar-refractivity contribution is 5.80. The van der Waals surface area contributed by atoms with Crippen molar-refractivity contribution in [1.82, 2.24) is 15.1 Å². The van der Waals surface area contributed by atoms with Gasteiger partial charge >= 0.3 is 0 Å². The van der Waals surface area contributed by atoms with E-state index in [4.69, 9.17) is 14.5 Å². The van der Waals surface area contributed by atoms with Crippen LogP contribution in [0, 0.1) is 5.92 Å². The van der Waals surface area contributed by atoms with Gasteiger partial charge in [-0.25, -0.2) is 0 Å². The van der Waals surface area contributed by atoms with Gasteiger partial charge in [-0.1, -0.05) is 0 Å². The molecular formula is C18H36N4O2. The van der Waals surface area contributed by atoms with Gasteiger partial charge in [0.2, 0.25) is 0 Å². The summed E-state index contributed by atoms with van der Waals surface area (Å²) < 4.78 is 10.7. The van der Waals surface area contributed by atoms with E-state index in [1.165, 1.54) is 19.3 Å². The van der Waals surface area contributed by atoms with Gasteiger partial charge in [-0.3, -0.25) is 9.89 Å². The average Bonchev–Trinajstić information content (AvgIpc) is 3.33. The van der Waals surface area contributed by atoms with Crippen molar-refractivity contribution in [2.75, 3.05) is 60.2 Å². The SMILES string of the molecule is CCNC(=NCC(C)N(C)C1CC1)N1CCC(COCCOC)C1. The van der Waals surface area contributed by atoms with Crippen LogP contribution >= 0.6 is 0 Å². The summed E-state index contributed by atoms with van der Waals surface area (Å²) in [6, 6.07) is 1.29. The first-order valence-corrected chi connectivity index (χ1v) is 9.47. The lowest BCUT2D eigenvalue weighted by Gasteiger charge is -2.25. The number of nitrogens with one attached hydrogen (secondary N) is 1. The molecule has 0 spiro atoms. The topological polar surface area (TPSA) is 49.3 Å². The van der Waals surface area contributed by atoms with Gasteiger partial charge in [0.25, 0.3) is 0 Å². The van der Waals surface area contributed by atoms with E-state index in [0.29, 0.717) is 25.2 Å². The van der Waals surface area contributed by atoms with E-state index in [0.717, 1.165) is 44.8 Å². The standard InChI is InChI=1S/C18H36N4O2/c1-5-19-18(20-12-15(2)21(3)17-6-7-17)22-9-8-16(13-22)14-24-11-10-23-4/h15-17H,5-14H2,1-4H3,(H,19,20). The van der Waals surface area contributed by atoms with Crippen molar-refractivity contribution in [3.63, 3.8) is 0 Å². The van der Waals surface area contributed by atoms with Gasteiger partial charge in [-0.05, 0) is 40.2 Å². The number of aliphatic imine (C=N–C) groups is 1. The van der Waals surface area contributed by atoms with Crippen LogP contribution in [-0.4, -0.2) is 88.0 Å². The Morgan fingerprint density at radius 3 is 2.79 bits per heavy atom. The molecule has 2 fully saturated rings. The fraction of sp³-hybridized carbons (Fsp3) is 0.944. The molecule has 1 aliphatic heterocycles. The summed E-state index contributed by atoms with van der Waals surface area (Å²) in [5.41, 5.74) is 0. The molecule has 1 heterocycles. The number of hydrogen-bond acceptors (Lipinski definition) is 4. The molecule has 1 saturated carbocycles. The first-order chi connectivity index (χ1) is 11.7. The second-order valence-electron chi connectivity index (χ2n) is 7.11. The Kier molecular flexibility index (Phi) is 8.29. The number of guanidine groups is 1. The Labute approximate surface area is 147 Å². The number of nitrogens with zero attached hydrogens (tertiary/aromatic N) is 3. The number of likely N-dealkylation sites (N-methyl/N-ethyl adjacent to an activating group) is 1. The van der Waals surface area contributed by atoms with E-state index in [-0.39, 0.29) is 0 Å². The summed E-state index contributed by atoms with van der Waals surface area (Å²) in [7, 11) is 3.94. The smallest absolute Gasteiger partial charge is 0.193 e. The minimum absolute atomic E-state index is 0.502. The molecule has 2 unspecified atom stereocenters. The number of methoxy groups -OCH3 is 1. The van der Waals surface area contributed by atoms with Crippen molar-refractivity contribution in [2.24, 2.45) is 10.9 Å². The van der Waals surface area contributed by atoms with Crippen LogP contribution < -0.4 is 5.32 Å². The van der Waals surface area contributed by atoms with E-state index in [1.54, 1.807) is 7.11 Å². The van der Waals surface area contributed by atoms with Crippen molar-refractivity contribution in [3.8, 4) is 0 Å². The number of hydrogen-bond donors (Lipinski definition) is 1. The van der Waals surface area contributed by atoms with E-state index >= 15 is 0 Å². The molecule has 6 nitrogen and oxygen atoms in total. The zero-order valence-corrected chi connectivity index (χ0v) is 16.0. The molecule has 2 rings (SSSR count). The summed E-state index contributed by atoms with van der Waals surface area (Å²) in [5, 5.41) is 3.46. The van der Waals surface area contributed by atoms with Crippen LogP contribution in [0.2, 0.25) is 0 Å². The van der Waals surface area contributed by atoms with Crippen molar-refractivity contribution < 1.29 is 9.47 Å². The largest absolute Gasteiger partial charge is 0.382 e. The van der Waals surface area contributed by atoms with Gasteiger partial charge in [0.1, 0.15) is 0 Å². The molecule has 0 bridgehead atoms. The summed E-state index contributed by atoms with van der Waals surface area (Å²) >= 11 is 0. The van der Waals surface area contributed by atoms with Crippen LogP contribution in [0.25, 0.3) is 0 Å². The molecule has 1 saturated heterocycles.